The van der Waals surface area contributed by atoms with Gasteiger partial charge in [0.15, 0.2) is 11.0 Å². The molecule has 1 atom stereocenters. The number of hydrogen-bond donors (Lipinski definition) is 1. The summed E-state index contributed by atoms with van der Waals surface area (Å²) in [5, 5.41) is 9.33. The van der Waals surface area contributed by atoms with Crippen LogP contribution in [0.5, 0.6) is 0 Å². The second kappa shape index (κ2) is 10.0. The van der Waals surface area contributed by atoms with Gasteiger partial charge >= 0.3 is 0 Å². The molecule has 0 saturated carbocycles. The Bertz CT molecular complexity index is 1190. The van der Waals surface area contributed by atoms with Crippen molar-refractivity contribution in [2.45, 2.75) is 43.9 Å². The van der Waals surface area contributed by atoms with Crippen molar-refractivity contribution in [3.8, 4) is 11.4 Å². The molecule has 0 spiro atoms. The molecule has 3 aromatic rings. The van der Waals surface area contributed by atoms with E-state index in [2.05, 4.69) is 21.8 Å². The molecule has 0 bridgehead atoms. The highest BCUT2D eigenvalue weighted by Gasteiger charge is 2.24. The molecule has 1 unspecified atom stereocenters. The largest absolute Gasteiger partial charge is 0.467 e. The molecule has 3 heterocycles. The van der Waals surface area contributed by atoms with Crippen molar-refractivity contribution in [3.05, 3.63) is 48.4 Å². The normalized spacial score (nSPS) is 16.7. The molecule has 1 N–H and O–H groups in total. The summed E-state index contributed by atoms with van der Waals surface area (Å²) in [4.78, 5) is 14.8. The standard InChI is InChI=1S/C22H27N5O4S2/c1-16-6-3-4-12-26(16)20(28)15-32-22-24-23-21(27(22)14-19-7-5-13-31-19)17-8-10-18(11-9-17)25-33(2,29)30/h5,7-11,13,16,25H,3-4,6,12,14-15H2,1-2H3. The van der Waals surface area contributed by atoms with Crippen LogP contribution in [0.15, 0.2) is 52.2 Å². The molecular weight excluding hydrogens is 462 g/mol. The fourth-order valence-electron chi connectivity index (χ4n) is 3.89. The summed E-state index contributed by atoms with van der Waals surface area (Å²) in [5.74, 6) is 1.75. The molecule has 2 aromatic heterocycles. The van der Waals surface area contributed by atoms with E-state index in [1.54, 1.807) is 30.5 Å². The number of amides is 1. The van der Waals surface area contributed by atoms with E-state index in [1.807, 2.05) is 21.6 Å². The number of carbonyl (C=O) groups excluding carboxylic acids is 1. The van der Waals surface area contributed by atoms with E-state index in [0.717, 1.165) is 43.4 Å². The van der Waals surface area contributed by atoms with Gasteiger partial charge in [-0.1, -0.05) is 11.8 Å². The highest BCUT2D eigenvalue weighted by molar-refractivity contribution is 7.99. The lowest BCUT2D eigenvalue weighted by molar-refractivity contribution is -0.131. The molecule has 1 aliphatic heterocycles. The van der Waals surface area contributed by atoms with Crippen LogP contribution in [0.2, 0.25) is 0 Å². The van der Waals surface area contributed by atoms with Crippen molar-refractivity contribution in [1.82, 2.24) is 19.7 Å². The Morgan fingerprint density at radius 3 is 2.67 bits per heavy atom. The van der Waals surface area contributed by atoms with Crippen LogP contribution < -0.4 is 4.72 Å². The van der Waals surface area contributed by atoms with Crippen LogP contribution in [-0.4, -0.2) is 58.6 Å². The number of thioether (sulfide) groups is 1. The summed E-state index contributed by atoms with van der Waals surface area (Å²) in [5.41, 5.74) is 1.24. The summed E-state index contributed by atoms with van der Waals surface area (Å²) < 4.78 is 32.8. The molecule has 176 valence electrons. The number of furan rings is 1. The van der Waals surface area contributed by atoms with Gasteiger partial charge in [0.2, 0.25) is 15.9 Å². The van der Waals surface area contributed by atoms with Crippen LogP contribution in [0.25, 0.3) is 11.4 Å². The lowest BCUT2D eigenvalue weighted by Gasteiger charge is -2.33. The first-order chi connectivity index (χ1) is 15.8. The van der Waals surface area contributed by atoms with Crippen LogP contribution >= 0.6 is 11.8 Å². The Morgan fingerprint density at radius 1 is 1.21 bits per heavy atom. The minimum atomic E-state index is -3.36. The van der Waals surface area contributed by atoms with Crippen molar-refractivity contribution in [1.29, 1.82) is 0 Å². The number of rotatable bonds is 8. The Morgan fingerprint density at radius 2 is 2.00 bits per heavy atom. The van der Waals surface area contributed by atoms with Crippen LogP contribution in [0, 0.1) is 0 Å². The molecule has 1 aliphatic rings. The van der Waals surface area contributed by atoms with Gasteiger partial charge in [-0.25, -0.2) is 8.42 Å². The van der Waals surface area contributed by atoms with Crippen molar-refractivity contribution in [3.63, 3.8) is 0 Å². The Kier molecular flexibility index (Phi) is 7.08. The summed E-state index contributed by atoms with van der Waals surface area (Å²) >= 11 is 1.36. The molecule has 1 fully saturated rings. The van der Waals surface area contributed by atoms with E-state index in [9.17, 15) is 13.2 Å². The fraction of sp³-hybridized carbons (Fsp3) is 0.409. The lowest BCUT2D eigenvalue weighted by Crippen LogP contribution is -2.43. The molecule has 1 amide bonds. The number of sulfonamides is 1. The van der Waals surface area contributed by atoms with E-state index in [1.165, 1.54) is 11.8 Å². The number of anilines is 1. The van der Waals surface area contributed by atoms with Gasteiger partial charge in [0, 0.05) is 23.8 Å². The number of nitrogens with zero attached hydrogens (tertiary/aromatic N) is 4. The van der Waals surface area contributed by atoms with E-state index in [0.29, 0.717) is 23.2 Å². The van der Waals surface area contributed by atoms with Gasteiger partial charge in [0.25, 0.3) is 0 Å². The second-order valence-corrected chi connectivity index (χ2v) is 10.8. The zero-order chi connectivity index (χ0) is 23.4. The molecule has 0 aliphatic carbocycles. The lowest BCUT2D eigenvalue weighted by atomic mass is 10.0. The zero-order valence-corrected chi connectivity index (χ0v) is 20.2. The van der Waals surface area contributed by atoms with Crippen molar-refractivity contribution >= 4 is 33.4 Å². The van der Waals surface area contributed by atoms with Crippen molar-refractivity contribution in [2.24, 2.45) is 0 Å². The number of likely N-dealkylation sites (tertiary alicyclic amines) is 1. The number of piperidine rings is 1. The topological polar surface area (TPSA) is 110 Å². The van der Waals surface area contributed by atoms with Gasteiger partial charge < -0.3 is 9.32 Å². The first-order valence-electron chi connectivity index (χ1n) is 10.8. The van der Waals surface area contributed by atoms with Gasteiger partial charge in [0.05, 0.1) is 24.8 Å². The smallest absolute Gasteiger partial charge is 0.233 e. The van der Waals surface area contributed by atoms with Crippen LogP contribution in [0.3, 0.4) is 0 Å². The minimum Gasteiger partial charge on any atom is -0.467 e. The third-order valence-corrected chi connectivity index (χ3v) is 7.06. The monoisotopic (exact) mass is 489 g/mol. The first kappa shape index (κ1) is 23.4. The van der Waals surface area contributed by atoms with E-state index >= 15 is 0 Å². The van der Waals surface area contributed by atoms with Crippen molar-refractivity contribution in [2.75, 3.05) is 23.3 Å². The zero-order valence-electron chi connectivity index (χ0n) is 18.6. The quantitative estimate of drug-likeness (QED) is 0.483. The highest BCUT2D eigenvalue weighted by Crippen LogP contribution is 2.27. The molecular formula is C22H27N5O4S2. The van der Waals surface area contributed by atoms with Gasteiger partial charge in [-0.15, -0.1) is 10.2 Å². The van der Waals surface area contributed by atoms with Gasteiger partial charge in [-0.05, 0) is 62.6 Å². The third kappa shape index (κ3) is 5.97. The number of benzene rings is 1. The number of aromatic nitrogens is 3. The van der Waals surface area contributed by atoms with Gasteiger partial charge in [-0.2, -0.15) is 0 Å². The summed E-state index contributed by atoms with van der Waals surface area (Å²) in [6.45, 7) is 3.32. The van der Waals surface area contributed by atoms with E-state index in [4.69, 9.17) is 4.42 Å². The summed E-state index contributed by atoms with van der Waals surface area (Å²) in [7, 11) is -3.36. The predicted octanol–water partition coefficient (Wildman–Crippen LogP) is 3.45. The molecule has 0 radical (unpaired) electrons. The number of nitrogens with one attached hydrogen (secondary N) is 1. The maximum Gasteiger partial charge on any atom is 0.233 e. The van der Waals surface area contributed by atoms with Crippen LogP contribution in [0.4, 0.5) is 5.69 Å². The fourth-order valence-corrected chi connectivity index (χ4v) is 5.28. The Labute approximate surface area is 197 Å². The molecule has 33 heavy (non-hydrogen) atoms. The molecule has 11 heteroatoms. The van der Waals surface area contributed by atoms with E-state index < -0.39 is 10.0 Å². The van der Waals surface area contributed by atoms with Gasteiger partial charge in [-0.3, -0.25) is 14.1 Å². The van der Waals surface area contributed by atoms with Gasteiger partial charge in [0.1, 0.15) is 5.76 Å². The average Bonchev–Trinajstić information content (AvgIpc) is 3.42. The number of carbonyl (C=O) groups is 1. The van der Waals surface area contributed by atoms with E-state index in [-0.39, 0.29) is 17.7 Å². The molecule has 4 rings (SSSR count). The van der Waals surface area contributed by atoms with Crippen molar-refractivity contribution < 1.29 is 17.6 Å². The highest BCUT2D eigenvalue weighted by atomic mass is 32.2. The summed E-state index contributed by atoms with van der Waals surface area (Å²) in [6.07, 6.45) is 5.97. The molecule has 9 nitrogen and oxygen atoms in total. The Hall–Kier alpha value is -2.79. The SMILES string of the molecule is CC1CCCCN1C(=O)CSc1nnc(-c2ccc(NS(C)(=O)=O)cc2)n1Cc1ccco1. The second-order valence-electron chi connectivity index (χ2n) is 8.14. The predicted molar refractivity (Wildman–Crippen MR) is 127 cm³/mol. The number of hydrogen-bond acceptors (Lipinski definition) is 7. The maximum atomic E-state index is 12.8. The Balaban J connectivity index is 1.56. The van der Waals surface area contributed by atoms with Crippen LogP contribution in [0.1, 0.15) is 31.9 Å². The summed E-state index contributed by atoms with van der Waals surface area (Å²) in [6, 6.07) is 10.9. The van der Waals surface area contributed by atoms with Crippen LogP contribution in [-0.2, 0) is 21.4 Å². The minimum absolute atomic E-state index is 0.109. The average molecular weight is 490 g/mol. The molecule has 1 aromatic carbocycles. The first-order valence-corrected chi connectivity index (χ1v) is 13.6. The molecule has 1 saturated heterocycles. The maximum absolute atomic E-state index is 12.8. The third-order valence-electron chi connectivity index (χ3n) is 5.51.